The molecule has 2 aliphatic carbocycles. The molecule has 7 rings (SSSR count). The number of anilines is 1. The molecule has 8 amide bonds. The number of imide groups is 1. The minimum absolute atomic E-state index is 0.00109. The predicted molar refractivity (Wildman–Crippen MR) is 301 cm³/mol. The van der Waals surface area contributed by atoms with Crippen LogP contribution in [-0.4, -0.2) is 171 Å². The van der Waals surface area contributed by atoms with Crippen molar-refractivity contribution in [1.29, 1.82) is 0 Å². The van der Waals surface area contributed by atoms with Crippen LogP contribution in [0.1, 0.15) is 167 Å². The molecule has 6 N–H and O–H groups in total. The third-order valence-electron chi connectivity index (χ3n) is 16.2. The molecule has 446 valence electrons. The minimum atomic E-state index is -0.844. The van der Waals surface area contributed by atoms with Gasteiger partial charge in [-0.1, -0.05) is 78.2 Å². The summed E-state index contributed by atoms with van der Waals surface area (Å²) < 4.78 is 22.3. The third-order valence-corrected chi connectivity index (χ3v) is 16.2. The van der Waals surface area contributed by atoms with Crippen molar-refractivity contribution in [1.82, 2.24) is 46.4 Å². The molecular formula is C59H88N10O12. The predicted octanol–water partition coefficient (Wildman–Crippen LogP) is 4.46. The summed E-state index contributed by atoms with van der Waals surface area (Å²) in [6.45, 7) is 12.4. The molecule has 1 aromatic heterocycles. The molecule has 22 nitrogen and oxygen atoms in total. The molecule has 2 saturated heterocycles. The number of likely N-dealkylation sites (tertiary alicyclic amines) is 1. The zero-order valence-electron chi connectivity index (χ0n) is 48.0. The molecule has 1 aromatic carbocycles. The molecule has 5 atom stereocenters. The lowest BCUT2D eigenvalue weighted by atomic mass is 9.82. The van der Waals surface area contributed by atoms with E-state index in [1.54, 1.807) is 12.1 Å². The highest BCUT2D eigenvalue weighted by Crippen LogP contribution is 2.39. The first kappa shape index (κ1) is 62.5. The number of amides is 8. The van der Waals surface area contributed by atoms with Gasteiger partial charge >= 0.3 is 0 Å². The first-order chi connectivity index (χ1) is 39.2. The van der Waals surface area contributed by atoms with Gasteiger partial charge < -0.3 is 55.3 Å². The van der Waals surface area contributed by atoms with Crippen molar-refractivity contribution in [2.45, 2.75) is 155 Å². The largest absolute Gasteiger partial charge is 0.382 e. The summed E-state index contributed by atoms with van der Waals surface area (Å²) >= 11 is 0. The molecule has 3 aliphatic heterocycles. The van der Waals surface area contributed by atoms with Gasteiger partial charge in [-0.25, -0.2) is 9.97 Å². The molecule has 0 bridgehead atoms. The average Bonchev–Trinajstić information content (AvgIpc) is 4.41. The van der Waals surface area contributed by atoms with Crippen LogP contribution in [0.4, 0.5) is 5.69 Å². The Morgan fingerprint density at radius 1 is 0.679 bits per heavy atom. The van der Waals surface area contributed by atoms with E-state index in [4.69, 9.17) is 18.9 Å². The van der Waals surface area contributed by atoms with Crippen molar-refractivity contribution in [3.05, 3.63) is 53.1 Å². The van der Waals surface area contributed by atoms with E-state index >= 15 is 0 Å². The minimum Gasteiger partial charge on any atom is -0.382 e. The number of benzene rings is 1. The highest BCUT2D eigenvalue weighted by atomic mass is 16.6. The van der Waals surface area contributed by atoms with Crippen LogP contribution in [0, 0.1) is 23.2 Å². The quantitative estimate of drug-likeness (QED) is 0.0425. The number of hydrogen-bond acceptors (Lipinski definition) is 15. The van der Waals surface area contributed by atoms with Crippen molar-refractivity contribution in [2.24, 2.45) is 23.2 Å². The number of carbonyl (C=O) groups is 8. The fraction of sp³-hybridized carbons (Fsp3) is 0.695. The van der Waals surface area contributed by atoms with Gasteiger partial charge in [0.05, 0.1) is 65.2 Å². The second-order valence-corrected chi connectivity index (χ2v) is 23.2. The van der Waals surface area contributed by atoms with E-state index in [9.17, 15) is 38.4 Å². The molecular weight excluding hydrogens is 1040 g/mol. The summed E-state index contributed by atoms with van der Waals surface area (Å²) in [6.07, 6.45) is 17.0. The van der Waals surface area contributed by atoms with E-state index in [-0.39, 0.29) is 65.6 Å². The maximum Gasteiger partial charge on any atom is 0.272 e. The Bertz CT molecular complexity index is 2420. The van der Waals surface area contributed by atoms with Gasteiger partial charge in [0.25, 0.3) is 17.7 Å². The second-order valence-electron chi connectivity index (χ2n) is 23.2. The number of piperidine rings is 1. The Balaban J connectivity index is 0.647. The summed E-state index contributed by atoms with van der Waals surface area (Å²) in [4.78, 5) is 116. The SMILES string of the molecule is CC(C)(C)[C@H](NC(=O)C(NC(=O)c1cnc(C(=O)NCCCCCCCCNC(=O)CCOCCOCCOCCOCCNc2cccc3c2CN(C2CCC(=O)NC2=O)C3=O)cn1)C1CCCCC1)C(=O)N1C[C@H]2CCC[C@H]2C1. The lowest BCUT2D eigenvalue weighted by Crippen LogP contribution is -2.60. The molecule has 5 aliphatic rings. The number of carbonyl (C=O) groups excluding carboxylic acids is 8. The van der Waals surface area contributed by atoms with E-state index in [1.165, 1.54) is 23.7 Å². The third kappa shape index (κ3) is 19.0. The summed E-state index contributed by atoms with van der Waals surface area (Å²) in [5.41, 5.74) is 1.75. The van der Waals surface area contributed by atoms with Crippen molar-refractivity contribution < 1.29 is 57.3 Å². The number of unbranched alkanes of at least 4 members (excludes halogenated alkanes) is 5. The number of hydrogen-bond donors (Lipinski definition) is 6. The van der Waals surface area contributed by atoms with Gasteiger partial charge in [0.2, 0.25) is 29.5 Å². The lowest BCUT2D eigenvalue weighted by molar-refractivity contribution is -0.139. The summed E-state index contributed by atoms with van der Waals surface area (Å²) in [5.74, 6) is -1.38. The fourth-order valence-corrected chi connectivity index (χ4v) is 11.6. The molecule has 0 radical (unpaired) electrons. The molecule has 81 heavy (non-hydrogen) atoms. The van der Waals surface area contributed by atoms with E-state index in [0.717, 1.165) is 108 Å². The molecule has 4 fully saturated rings. The van der Waals surface area contributed by atoms with Crippen LogP contribution in [0.25, 0.3) is 0 Å². The molecule has 4 heterocycles. The number of nitrogens with one attached hydrogen (secondary N) is 6. The number of nitrogens with zero attached hydrogens (tertiary/aromatic N) is 4. The van der Waals surface area contributed by atoms with Crippen molar-refractivity contribution >= 4 is 52.9 Å². The van der Waals surface area contributed by atoms with Crippen LogP contribution in [0.15, 0.2) is 30.6 Å². The Kier molecular flexibility index (Phi) is 24.6. The van der Waals surface area contributed by atoms with Crippen LogP contribution < -0.4 is 31.9 Å². The highest BCUT2D eigenvalue weighted by molar-refractivity contribution is 6.06. The fourth-order valence-electron chi connectivity index (χ4n) is 11.6. The molecule has 0 spiro atoms. The zero-order chi connectivity index (χ0) is 57.6. The van der Waals surface area contributed by atoms with Crippen LogP contribution in [0.3, 0.4) is 0 Å². The highest BCUT2D eigenvalue weighted by Gasteiger charge is 2.45. The van der Waals surface area contributed by atoms with Crippen LogP contribution in [0.2, 0.25) is 0 Å². The van der Waals surface area contributed by atoms with E-state index in [0.29, 0.717) is 103 Å². The van der Waals surface area contributed by atoms with Gasteiger partial charge in [-0.3, -0.25) is 43.7 Å². The first-order valence-electron chi connectivity index (χ1n) is 29.8. The lowest BCUT2D eigenvalue weighted by Gasteiger charge is -2.36. The number of ether oxygens (including phenoxy) is 4. The van der Waals surface area contributed by atoms with Crippen LogP contribution in [-0.2, 0) is 49.5 Å². The molecule has 2 aromatic rings. The zero-order valence-corrected chi connectivity index (χ0v) is 48.0. The monoisotopic (exact) mass is 1130 g/mol. The molecule has 22 heteroatoms. The topological polar surface area (TPSA) is 278 Å². The van der Waals surface area contributed by atoms with Gasteiger partial charge in [-0.05, 0) is 80.2 Å². The van der Waals surface area contributed by atoms with Gasteiger partial charge in [-0.2, -0.15) is 0 Å². The van der Waals surface area contributed by atoms with Gasteiger partial charge in [-0.15, -0.1) is 0 Å². The van der Waals surface area contributed by atoms with Crippen molar-refractivity contribution in [3.8, 4) is 0 Å². The molecule has 2 saturated carbocycles. The Labute approximate surface area is 476 Å². The summed E-state index contributed by atoms with van der Waals surface area (Å²) in [6, 6.07) is 3.21. The average molecular weight is 1130 g/mol. The smallest absolute Gasteiger partial charge is 0.272 e. The van der Waals surface area contributed by atoms with Gasteiger partial charge in [0.1, 0.15) is 29.5 Å². The second kappa shape index (κ2) is 31.9. The van der Waals surface area contributed by atoms with Crippen LogP contribution >= 0.6 is 0 Å². The maximum absolute atomic E-state index is 14.1. The Morgan fingerprint density at radius 2 is 1.28 bits per heavy atom. The number of rotatable bonds is 33. The molecule has 2 unspecified atom stereocenters. The maximum atomic E-state index is 14.1. The van der Waals surface area contributed by atoms with Gasteiger partial charge in [0.15, 0.2) is 0 Å². The summed E-state index contributed by atoms with van der Waals surface area (Å²) in [7, 11) is 0. The standard InChI is InChI=1S/C59H88N10O12/c1-59(2,3)52(58(77)68-37-41-17-13-18-42(41)38-68)67-56(75)51(40-15-9-8-10-16-40)66-54(73)47-36-63-46(35-64-47)53(72)62-25-12-7-5-4-6-11-24-61-49(70)23-27-78-29-31-80-33-34-81-32-30-79-28-26-60-45-20-14-19-43-44(45)39-69(57(43)76)48-21-22-50(71)65-55(48)74/h14,19-20,35-36,40-42,48,51-52,60H,4-13,15-18,21-34,37-39H2,1-3H3,(H,61,70)(H,62,72)(H,66,73)(H,67,75)(H,65,71,74)/t41-,42+,48?,51?,52-/m1/s1. The number of aromatic nitrogens is 2. The van der Waals surface area contributed by atoms with E-state index in [2.05, 4.69) is 41.9 Å². The van der Waals surface area contributed by atoms with Crippen LogP contribution in [0.5, 0.6) is 0 Å². The van der Waals surface area contributed by atoms with E-state index in [1.807, 2.05) is 31.7 Å². The first-order valence-corrected chi connectivity index (χ1v) is 29.8. The number of fused-ring (bicyclic) bond motifs is 2. The van der Waals surface area contributed by atoms with Crippen molar-refractivity contribution in [3.63, 3.8) is 0 Å². The Morgan fingerprint density at radius 3 is 1.91 bits per heavy atom. The Hall–Kier alpha value is -6.10. The normalized spacial score (nSPS) is 19.8. The van der Waals surface area contributed by atoms with Crippen molar-refractivity contribution in [2.75, 3.05) is 90.9 Å². The van der Waals surface area contributed by atoms with E-state index < -0.39 is 35.4 Å². The van der Waals surface area contributed by atoms with Gasteiger partial charge in [0, 0.05) is 68.9 Å². The summed E-state index contributed by atoms with van der Waals surface area (Å²) in [5, 5.41) is 17.5.